The zero-order valence-electron chi connectivity index (χ0n) is 14.1. The minimum absolute atomic E-state index is 0.0590. The average Bonchev–Trinajstić information content (AvgIpc) is 3.08. The van der Waals surface area contributed by atoms with Gasteiger partial charge >= 0.3 is 6.03 Å². The van der Waals surface area contributed by atoms with E-state index in [9.17, 15) is 9.59 Å². The lowest BCUT2D eigenvalue weighted by Gasteiger charge is -2.23. The predicted octanol–water partition coefficient (Wildman–Crippen LogP) is 0.884. The molecule has 1 saturated carbocycles. The summed E-state index contributed by atoms with van der Waals surface area (Å²) in [5.41, 5.74) is 0. The number of nitrogens with zero attached hydrogens (tertiary/aromatic N) is 2. The summed E-state index contributed by atoms with van der Waals surface area (Å²) in [6, 6.07) is 0.00454. The molecule has 1 saturated heterocycles. The third-order valence-electron chi connectivity index (χ3n) is 4.84. The Kier molecular flexibility index (Phi) is 6.06. The molecule has 1 aliphatic carbocycles. The molecule has 0 unspecified atom stereocenters. The maximum Gasteiger partial charge on any atom is 0.317 e. The summed E-state index contributed by atoms with van der Waals surface area (Å²) in [5.74, 6) is 1.00. The maximum absolute atomic E-state index is 12.3. The van der Waals surface area contributed by atoms with Gasteiger partial charge in [0.2, 0.25) is 5.91 Å². The van der Waals surface area contributed by atoms with Crippen LogP contribution in [0.5, 0.6) is 0 Å². The lowest BCUT2D eigenvalue weighted by Crippen LogP contribution is -2.44. The van der Waals surface area contributed by atoms with Crippen molar-refractivity contribution in [1.29, 1.82) is 0 Å². The molecule has 0 radical (unpaired) electrons. The van der Waals surface area contributed by atoms with E-state index in [4.69, 9.17) is 0 Å². The van der Waals surface area contributed by atoms with E-state index in [1.54, 1.807) is 11.9 Å². The molecule has 1 aliphatic heterocycles. The van der Waals surface area contributed by atoms with Crippen LogP contribution in [0.1, 0.15) is 32.1 Å². The number of hydrogen-bond donors (Lipinski definition) is 2. The van der Waals surface area contributed by atoms with Crippen LogP contribution < -0.4 is 10.6 Å². The lowest BCUT2D eigenvalue weighted by molar-refractivity contribution is -0.122. The highest BCUT2D eigenvalue weighted by atomic mass is 16.2. The fourth-order valence-electron chi connectivity index (χ4n) is 3.76. The first-order valence-electron chi connectivity index (χ1n) is 8.40. The predicted molar refractivity (Wildman–Crippen MR) is 86.6 cm³/mol. The molecule has 6 heteroatoms. The van der Waals surface area contributed by atoms with Gasteiger partial charge in [0.15, 0.2) is 0 Å². The summed E-state index contributed by atoms with van der Waals surface area (Å²) in [4.78, 5) is 28.1. The van der Waals surface area contributed by atoms with Gasteiger partial charge in [0.1, 0.15) is 0 Å². The number of likely N-dealkylation sites (tertiary alicyclic amines) is 1. The Hall–Kier alpha value is -1.30. The smallest absolute Gasteiger partial charge is 0.317 e. The number of rotatable bonds is 5. The number of amides is 3. The Morgan fingerprint density at radius 2 is 1.86 bits per heavy atom. The Labute approximate surface area is 133 Å². The number of carbonyl (C=O) groups excluding carboxylic acids is 2. The van der Waals surface area contributed by atoms with E-state index in [2.05, 4.69) is 15.5 Å². The summed E-state index contributed by atoms with van der Waals surface area (Å²) in [5, 5.41) is 5.86. The third-order valence-corrected chi connectivity index (χ3v) is 4.84. The molecule has 0 aromatic carbocycles. The van der Waals surface area contributed by atoms with Crippen molar-refractivity contribution in [1.82, 2.24) is 20.4 Å². The Balaban J connectivity index is 1.89. The van der Waals surface area contributed by atoms with E-state index in [0.717, 1.165) is 6.54 Å². The summed E-state index contributed by atoms with van der Waals surface area (Å²) in [7, 11) is 5.70. The van der Waals surface area contributed by atoms with Gasteiger partial charge in [-0.15, -0.1) is 0 Å². The van der Waals surface area contributed by atoms with E-state index in [-0.39, 0.29) is 18.0 Å². The molecule has 0 bridgehead atoms. The highest BCUT2D eigenvalue weighted by molar-refractivity contribution is 5.77. The molecular formula is C16H30N4O2. The second-order valence-electron chi connectivity index (χ2n) is 7.01. The summed E-state index contributed by atoms with van der Waals surface area (Å²) >= 11 is 0. The van der Waals surface area contributed by atoms with Gasteiger partial charge in [0, 0.05) is 39.0 Å². The number of urea groups is 1. The van der Waals surface area contributed by atoms with Crippen LogP contribution in [0.25, 0.3) is 0 Å². The molecule has 2 aliphatic rings. The first kappa shape index (κ1) is 17.1. The summed E-state index contributed by atoms with van der Waals surface area (Å²) < 4.78 is 0. The molecule has 2 rings (SSSR count). The van der Waals surface area contributed by atoms with Gasteiger partial charge in [-0.3, -0.25) is 4.79 Å². The standard InChI is InChI=1S/C16H30N4O2/c1-17-16(22)20-10-13(9-19(2)3)14(11-20)18-15(21)8-12-6-4-5-7-12/h12-14H,4-11H2,1-3H3,(H,17,22)(H,18,21)/t13-,14-/m1/s1. The van der Waals surface area contributed by atoms with Gasteiger partial charge in [0.25, 0.3) is 0 Å². The molecule has 0 spiro atoms. The molecule has 2 atom stereocenters. The van der Waals surface area contributed by atoms with Crippen LogP contribution in [-0.2, 0) is 4.79 Å². The Morgan fingerprint density at radius 1 is 1.18 bits per heavy atom. The van der Waals surface area contributed by atoms with Crippen molar-refractivity contribution in [2.24, 2.45) is 11.8 Å². The molecule has 6 nitrogen and oxygen atoms in total. The van der Waals surface area contributed by atoms with Gasteiger partial charge in [-0.05, 0) is 32.9 Å². The van der Waals surface area contributed by atoms with Crippen molar-refractivity contribution in [2.75, 3.05) is 40.8 Å². The highest BCUT2D eigenvalue weighted by Crippen LogP contribution is 2.27. The maximum atomic E-state index is 12.3. The van der Waals surface area contributed by atoms with Crippen molar-refractivity contribution in [3.63, 3.8) is 0 Å². The third kappa shape index (κ3) is 4.60. The van der Waals surface area contributed by atoms with Gasteiger partial charge in [-0.25, -0.2) is 4.79 Å². The number of carbonyl (C=O) groups is 2. The van der Waals surface area contributed by atoms with Crippen LogP contribution in [0.2, 0.25) is 0 Å². The van der Waals surface area contributed by atoms with Crippen LogP contribution in [0.4, 0.5) is 4.79 Å². The topological polar surface area (TPSA) is 64.7 Å². The minimum atomic E-state index is -0.0590. The van der Waals surface area contributed by atoms with Crippen LogP contribution in [0.3, 0.4) is 0 Å². The first-order valence-corrected chi connectivity index (χ1v) is 8.40. The number of hydrogen-bond acceptors (Lipinski definition) is 3. The average molecular weight is 310 g/mol. The van der Waals surface area contributed by atoms with E-state index < -0.39 is 0 Å². The summed E-state index contributed by atoms with van der Waals surface area (Å²) in [6.07, 6.45) is 5.53. The fraction of sp³-hybridized carbons (Fsp3) is 0.875. The molecule has 2 fully saturated rings. The number of nitrogens with one attached hydrogen (secondary N) is 2. The molecule has 0 aromatic rings. The van der Waals surface area contributed by atoms with Crippen molar-refractivity contribution < 1.29 is 9.59 Å². The second kappa shape index (κ2) is 7.81. The largest absolute Gasteiger partial charge is 0.351 e. The zero-order chi connectivity index (χ0) is 16.1. The Morgan fingerprint density at radius 3 is 2.45 bits per heavy atom. The van der Waals surface area contributed by atoms with Crippen molar-refractivity contribution in [3.8, 4) is 0 Å². The van der Waals surface area contributed by atoms with Gasteiger partial charge in [-0.1, -0.05) is 12.8 Å². The highest BCUT2D eigenvalue weighted by Gasteiger charge is 2.36. The quantitative estimate of drug-likeness (QED) is 0.792. The molecule has 1 heterocycles. The van der Waals surface area contributed by atoms with E-state index in [0.29, 0.717) is 31.3 Å². The molecule has 0 aromatic heterocycles. The SMILES string of the molecule is CNC(=O)N1C[C@@H](CN(C)C)[C@H](NC(=O)CC2CCCC2)C1. The Bertz CT molecular complexity index is 394. The van der Waals surface area contributed by atoms with Crippen LogP contribution in [-0.4, -0.2) is 68.6 Å². The zero-order valence-corrected chi connectivity index (χ0v) is 14.1. The normalized spacial score (nSPS) is 25.7. The molecule has 126 valence electrons. The minimum Gasteiger partial charge on any atom is -0.351 e. The summed E-state index contributed by atoms with van der Waals surface area (Å²) in [6.45, 7) is 2.18. The monoisotopic (exact) mass is 310 g/mol. The molecule has 2 N–H and O–H groups in total. The van der Waals surface area contributed by atoms with Crippen LogP contribution >= 0.6 is 0 Å². The molecule has 22 heavy (non-hydrogen) atoms. The van der Waals surface area contributed by atoms with Crippen molar-refractivity contribution in [3.05, 3.63) is 0 Å². The lowest BCUT2D eigenvalue weighted by atomic mass is 10.0. The van der Waals surface area contributed by atoms with Crippen LogP contribution in [0, 0.1) is 11.8 Å². The van der Waals surface area contributed by atoms with Crippen LogP contribution in [0.15, 0.2) is 0 Å². The fourth-order valence-corrected chi connectivity index (χ4v) is 3.76. The van der Waals surface area contributed by atoms with Gasteiger partial charge in [0.05, 0.1) is 6.04 Å². The second-order valence-corrected chi connectivity index (χ2v) is 7.01. The van der Waals surface area contributed by atoms with E-state index in [1.165, 1.54) is 25.7 Å². The van der Waals surface area contributed by atoms with Crippen molar-refractivity contribution in [2.45, 2.75) is 38.1 Å². The van der Waals surface area contributed by atoms with Gasteiger partial charge < -0.3 is 20.4 Å². The first-order chi connectivity index (χ1) is 10.5. The van der Waals surface area contributed by atoms with Crippen molar-refractivity contribution >= 4 is 11.9 Å². The van der Waals surface area contributed by atoms with E-state index >= 15 is 0 Å². The van der Waals surface area contributed by atoms with E-state index in [1.807, 2.05) is 14.1 Å². The molecular weight excluding hydrogens is 280 g/mol. The molecule has 3 amide bonds. The van der Waals surface area contributed by atoms with Gasteiger partial charge in [-0.2, -0.15) is 0 Å².